The molecule has 0 fully saturated rings. The Labute approximate surface area is 216 Å². The Hall–Kier alpha value is -3.14. The van der Waals surface area contributed by atoms with Crippen molar-refractivity contribution in [3.63, 3.8) is 0 Å². The summed E-state index contributed by atoms with van der Waals surface area (Å²) in [5.74, 6) is -2.35. The summed E-state index contributed by atoms with van der Waals surface area (Å²) in [4.78, 5) is 38.4. The minimum atomic E-state index is -0.964. The van der Waals surface area contributed by atoms with E-state index in [1.54, 1.807) is 48.5 Å². The summed E-state index contributed by atoms with van der Waals surface area (Å²) < 4.78 is 3.01. The van der Waals surface area contributed by atoms with Crippen molar-refractivity contribution in [3.05, 3.63) is 92.0 Å². The molecule has 172 valence electrons. The number of nitrogens with one attached hydrogen (secondary N) is 3. The van der Waals surface area contributed by atoms with Gasteiger partial charge in [0, 0.05) is 20.0 Å². The van der Waals surface area contributed by atoms with Gasteiger partial charge in [0.15, 0.2) is 0 Å². The van der Waals surface area contributed by atoms with Gasteiger partial charge in [0.2, 0.25) is 0 Å². The number of hydrogen-bond acceptors (Lipinski definition) is 3. The van der Waals surface area contributed by atoms with Crippen LogP contribution < -0.4 is 16.1 Å². The van der Waals surface area contributed by atoms with Crippen molar-refractivity contribution < 1.29 is 14.4 Å². The van der Waals surface area contributed by atoms with Crippen LogP contribution in [0, 0.1) is 6.92 Å². The molecule has 1 heterocycles. The number of carbonyl (C=O) groups is 3. The van der Waals surface area contributed by atoms with Gasteiger partial charge in [-0.15, -0.1) is 0 Å². The monoisotopic (exact) mass is 602 g/mol. The summed E-state index contributed by atoms with van der Waals surface area (Å²) in [5, 5.41) is 6.29. The average molecular weight is 605 g/mol. The van der Waals surface area contributed by atoms with Crippen LogP contribution in [0.25, 0.3) is 10.9 Å². The lowest BCUT2D eigenvalue weighted by atomic mass is 10.2. The van der Waals surface area contributed by atoms with Gasteiger partial charge in [0.1, 0.15) is 5.69 Å². The molecule has 0 aliphatic carbocycles. The SMILES string of the molecule is Cc1cc(NC(=O)c2cc3cc(Br)ccc3n2NC(=O)C(=O)Nc2ccccc2Cl)ccc1Br. The number of rotatable bonds is 4. The van der Waals surface area contributed by atoms with E-state index in [0.29, 0.717) is 27.3 Å². The topological polar surface area (TPSA) is 92.2 Å². The van der Waals surface area contributed by atoms with Crippen LogP contribution in [0.4, 0.5) is 11.4 Å². The second-order valence-corrected chi connectivity index (χ2v) is 9.54. The first-order valence-corrected chi connectivity index (χ1v) is 11.9. The molecule has 0 radical (unpaired) electrons. The van der Waals surface area contributed by atoms with E-state index in [4.69, 9.17) is 11.6 Å². The molecule has 10 heteroatoms. The maximum atomic E-state index is 13.1. The molecule has 0 aliphatic rings. The van der Waals surface area contributed by atoms with Crippen LogP contribution in [0.2, 0.25) is 5.02 Å². The standard InChI is InChI=1S/C24H17Br2ClN4O3/c1-13-10-16(7-8-17(13)26)28-22(32)21-12-14-11-15(25)6-9-20(14)31(21)30-24(34)23(33)29-19-5-3-2-4-18(19)27/h2-12H,1H3,(H,28,32)(H,29,33)(H,30,34). The van der Waals surface area contributed by atoms with Crippen LogP contribution in [0.5, 0.6) is 0 Å². The highest BCUT2D eigenvalue weighted by Gasteiger charge is 2.21. The van der Waals surface area contributed by atoms with Crippen molar-refractivity contribution in [1.82, 2.24) is 4.68 Å². The number of amides is 3. The third kappa shape index (κ3) is 5.16. The van der Waals surface area contributed by atoms with Gasteiger partial charge < -0.3 is 10.6 Å². The number of nitrogens with zero attached hydrogens (tertiary/aromatic N) is 1. The van der Waals surface area contributed by atoms with E-state index in [0.717, 1.165) is 14.5 Å². The first kappa shape index (κ1) is 24.0. The van der Waals surface area contributed by atoms with E-state index in [1.165, 1.54) is 4.68 Å². The predicted octanol–water partition coefficient (Wildman–Crippen LogP) is 6.09. The summed E-state index contributed by atoms with van der Waals surface area (Å²) in [6.45, 7) is 1.91. The first-order chi connectivity index (χ1) is 16.2. The molecular formula is C24H17Br2ClN4O3. The Kier molecular flexibility index (Phi) is 7.06. The maximum Gasteiger partial charge on any atom is 0.328 e. The van der Waals surface area contributed by atoms with Crippen molar-refractivity contribution in [2.75, 3.05) is 16.1 Å². The Morgan fingerprint density at radius 1 is 0.882 bits per heavy atom. The number of fused-ring (bicyclic) bond motifs is 1. The molecule has 1 aromatic heterocycles. The Morgan fingerprint density at radius 3 is 2.38 bits per heavy atom. The number of aromatic nitrogens is 1. The van der Waals surface area contributed by atoms with Gasteiger partial charge >= 0.3 is 11.8 Å². The highest BCUT2D eigenvalue weighted by Crippen LogP contribution is 2.25. The van der Waals surface area contributed by atoms with E-state index in [-0.39, 0.29) is 5.69 Å². The number of benzene rings is 3. The minimum absolute atomic E-state index is 0.146. The highest BCUT2D eigenvalue weighted by molar-refractivity contribution is 9.10. The molecule has 0 aliphatic heterocycles. The fraction of sp³-hybridized carbons (Fsp3) is 0.0417. The van der Waals surface area contributed by atoms with Crippen molar-refractivity contribution in [1.29, 1.82) is 0 Å². The second kappa shape index (κ2) is 10.0. The molecule has 3 amide bonds. The number of para-hydroxylation sites is 1. The highest BCUT2D eigenvalue weighted by atomic mass is 79.9. The van der Waals surface area contributed by atoms with Gasteiger partial charge in [-0.25, -0.2) is 4.68 Å². The van der Waals surface area contributed by atoms with Crippen LogP contribution in [0.1, 0.15) is 16.1 Å². The van der Waals surface area contributed by atoms with Gasteiger partial charge in [0.05, 0.1) is 16.2 Å². The largest absolute Gasteiger partial charge is 0.328 e. The van der Waals surface area contributed by atoms with E-state index in [1.807, 2.05) is 25.1 Å². The van der Waals surface area contributed by atoms with Crippen molar-refractivity contribution in [3.8, 4) is 0 Å². The van der Waals surface area contributed by atoms with Gasteiger partial charge in [-0.2, -0.15) is 0 Å². The Balaban J connectivity index is 1.64. The van der Waals surface area contributed by atoms with Gasteiger partial charge in [-0.05, 0) is 67.1 Å². The molecule has 0 atom stereocenters. The van der Waals surface area contributed by atoms with Crippen LogP contribution in [-0.2, 0) is 9.59 Å². The summed E-state index contributed by atoms with van der Waals surface area (Å²) in [5.41, 5.74) is 5.05. The zero-order chi connectivity index (χ0) is 24.4. The van der Waals surface area contributed by atoms with Crippen molar-refractivity contribution >= 4 is 83.5 Å². The third-order valence-corrected chi connectivity index (χ3v) is 6.67. The maximum absolute atomic E-state index is 13.1. The molecule has 3 N–H and O–H groups in total. The second-order valence-electron chi connectivity index (χ2n) is 7.36. The lowest BCUT2D eigenvalue weighted by Gasteiger charge is -2.13. The van der Waals surface area contributed by atoms with E-state index in [2.05, 4.69) is 47.9 Å². The average Bonchev–Trinajstić information content (AvgIpc) is 3.15. The molecule has 0 spiro atoms. The van der Waals surface area contributed by atoms with Crippen LogP contribution >= 0.6 is 43.5 Å². The first-order valence-electron chi connectivity index (χ1n) is 9.98. The van der Waals surface area contributed by atoms with E-state index < -0.39 is 17.7 Å². The van der Waals surface area contributed by atoms with Crippen LogP contribution in [-0.4, -0.2) is 22.4 Å². The quantitative estimate of drug-likeness (QED) is 0.246. The summed E-state index contributed by atoms with van der Waals surface area (Å²) in [6, 6.07) is 18.9. The molecule has 0 bridgehead atoms. The lowest BCUT2D eigenvalue weighted by molar-refractivity contribution is -0.133. The fourth-order valence-electron chi connectivity index (χ4n) is 3.29. The summed E-state index contributed by atoms with van der Waals surface area (Å²) in [6.07, 6.45) is 0. The molecule has 0 saturated heterocycles. The van der Waals surface area contributed by atoms with E-state index >= 15 is 0 Å². The van der Waals surface area contributed by atoms with Gasteiger partial charge in [-0.1, -0.05) is 55.6 Å². The van der Waals surface area contributed by atoms with Crippen LogP contribution in [0.3, 0.4) is 0 Å². The molecule has 0 saturated carbocycles. The smallest absolute Gasteiger partial charge is 0.321 e. The Bertz CT molecular complexity index is 1450. The van der Waals surface area contributed by atoms with Gasteiger partial charge in [0.25, 0.3) is 5.91 Å². The lowest BCUT2D eigenvalue weighted by Crippen LogP contribution is -2.36. The number of halogens is 3. The molecule has 4 rings (SSSR count). The minimum Gasteiger partial charge on any atom is -0.321 e. The normalized spacial score (nSPS) is 10.7. The fourth-order valence-corrected chi connectivity index (χ4v) is 4.09. The number of anilines is 2. The Morgan fingerprint density at radius 2 is 1.65 bits per heavy atom. The molecule has 4 aromatic rings. The zero-order valence-electron chi connectivity index (χ0n) is 17.7. The van der Waals surface area contributed by atoms with Gasteiger partial charge in [-0.3, -0.25) is 19.8 Å². The number of hydrogen-bond donors (Lipinski definition) is 3. The summed E-state index contributed by atoms with van der Waals surface area (Å²) >= 11 is 12.9. The van der Waals surface area contributed by atoms with E-state index in [9.17, 15) is 14.4 Å². The number of aryl methyl sites for hydroxylation is 1. The van der Waals surface area contributed by atoms with Crippen molar-refractivity contribution in [2.45, 2.75) is 6.92 Å². The predicted molar refractivity (Wildman–Crippen MR) is 141 cm³/mol. The third-order valence-electron chi connectivity index (χ3n) is 4.95. The number of carbonyl (C=O) groups excluding carboxylic acids is 3. The zero-order valence-corrected chi connectivity index (χ0v) is 21.6. The van der Waals surface area contributed by atoms with Crippen molar-refractivity contribution in [2.24, 2.45) is 0 Å². The molecule has 7 nitrogen and oxygen atoms in total. The summed E-state index contributed by atoms with van der Waals surface area (Å²) in [7, 11) is 0. The molecule has 34 heavy (non-hydrogen) atoms. The molecule has 3 aromatic carbocycles. The molecular weight excluding hydrogens is 588 g/mol. The van der Waals surface area contributed by atoms with Crippen LogP contribution in [0.15, 0.2) is 75.7 Å². The molecule has 0 unspecified atom stereocenters.